The second-order valence-corrected chi connectivity index (χ2v) is 5.49. The highest BCUT2D eigenvalue weighted by Crippen LogP contribution is 2.35. The van der Waals surface area contributed by atoms with Crippen LogP contribution in [0.5, 0.6) is 17.2 Å². The zero-order valence-corrected chi connectivity index (χ0v) is 13.1. The summed E-state index contributed by atoms with van der Waals surface area (Å²) in [7, 11) is 1.64. The summed E-state index contributed by atoms with van der Waals surface area (Å²) < 4.78 is 11.4. The molecular formula is C18H23NO2. The lowest BCUT2D eigenvalue weighted by atomic mass is 10.0. The third kappa shape index (κ3) is 3.56. The molecule has 0 aliphatic rings. The van der Waals surface area contributed by atoms with Crippen LogP contribution in [0.15, 0.2) is 42.5 Å². The Hall–Kier alpha value is -2.00. The fourth-order valence-corrected chi connectivity index (χ4v) is 2.29. The maximum Gasteiger partial charge on any atom is 0.135 e. The van der Waals surface area contributed by atoms with Crippen molar-refractivity contribution in [2.45, 2.75) is 32.7 Å². The van der Waals surface area contributed by atoms with E-state index in [1.165, 1.54) is 5.56 Å². The van der Waals surface area contributed by atoms with Crippen molar-refractivity contribution in [2.75, 3.05) is 7.11 Å². The molecule has 1 atom stereocenters. The lowest BCUT2D eigenvalue weighted by Gasteiger charge is -2.17. The predicted molar refractivity (Wildman–Crippen MR) is 86.2 cm³/mol. The molecule has 2 aromatic carbocycles. The third-order valence-corrected chi connectivity index (χ3v) is 3.48. The van der Waals surface area contributed by atoms with Crippen molar-refractivity contribution in [1.82, 2.24) is 0 Å². The van der Waals surface area contributed by atoms with Crippen LogP contribution >= 0.6 is 0 Å². The summed E-state index contributed by atoms with van der Waals surface area (Å²) >= 11 is 0. The molecule has 0 bridgehead atoms. The maximum absolute atomic E-state index is 6.05. The largest absolute Gasteiger partial charge is 0.496 e. The SMILES string of the molecule is COc1cccc(Oc2ccc(C(C)C)cc2)c1C(C)N. The number of nitrogens with two attached hydrogens (primary N) is 1. The first-order chi connectivity index (χ1) is 10.0. The van der Waals surface area contributed by atoms with Gasteiger partial charge >= 0.3 is 0 Å². The van der Waals surface area contributed by atoms with Gasteiger partial charge in [-0.1, -0.05) is 32.0 Å². The molecule has 2 aromatic rings. The molecule has 0 saturated heterocycles. The van der Waals surface area contributed by atoms with Gasteiger partial charge in [0.2, 0.25) is 0 Å². The van der Waals surface area contributed by atoms with Crippen LogP contribution in [0.4, 0.5) is 0 Å². The maximum atomic E-state index is 6.05. The average Bonchev–Trinajstić information content (AvgIpc) is 2.47. The van der Waals surface area contributed by atoms with Crippen molar-refractivity contribution in [2.24, 2.45) is 5.73 Å². The number of ether oxygens (including phenoxy) is 2. The zero-order valence-electron chi connectivity index (χ0n) is 13.1. The molecule has 21 heavy (non-hydrogen) atoms. The van der Waals surface area contributed by atoms with Crippen molar-refractivity contribution < 1.29 is 9.47 Å². The number of hydrogen-bond donors (Lipinski definition) is 1. The summed E-state index contributed by atoms with van der Waals surface area (Å²) in [5.74, 6) is 2.80. The highest BCUT2D eigenvalue weighted by Gasteiger charge is 2.15. The Morgan fingerprint density at radius 3 is 2.05 bits per heavy atom. The number of benzene rings is 2. The predicted octanol–water partition coefficient (Wildman–Crippen LogP) is 4.63. The van der Waals surface area contributed by atoms with E-state index in [-0.39, 0.29) is 6.04 Å². The monoisotopic (exact) mass is 285 g/mol. The molecule has 112 valence electrons. The summed E-state index contributed by atoms with van der Waals surface area (Å²) in [6.07, 6.45) is 0. The molecule has 0 aromatic heterocycles. The highest BCUT2D eigenvalue weighted by atomic mass is 16.5. The average molecular weight is 285 g/mol. The van der Waals surface area contributed by atoms with Crippen LogP contribution in [-0.2, 0) is 0 Å². The molecular weight excluding hydrogens is 262 g/mol. The molecule has 0 aliphatic heterocycles. The molecule has 0 radical (unpaired) electrons. The van der Waals surface area contributed by atoms with Gasteiger partial charge in [-0.15, -0.1) is 0 Å². The van der Waals surface area contributed by atoms with Gasteiger partial charge in [0.15, 0.2) is 0 Å². The standard InChI is InChI=1S/C18H23NO2/c1-12(2)14-8-10-15(11-9-14)21-17-7-5-6-16(20-4)18(17)13(3)19/h5-13H,19H2,1-4H3. The molecule has 3 heteroatoms. The van der Waals surface area contributed by atoms with E-state index in [9.17, 15) is 0 Å². The molecule has 0 spiro atoms. The Bertz CT molecular complexity index is 589. The normalized spacial score (nSPS) is 12.3. The van der Waals surface area contributed by atoms with Crippen LogP contribution < -0.4 is 15.2 Å². The van der Waals surface area contributed by atoms with E-state index in [4.69, 9.17) is 15.2 Å². The van der Waals surface area contributed by atoms with E-state index in [1.807, 2.05) is 37.3 Å². The van der Waals surface area contributed by atoms with Crippen LogP contribution in [0.1, 0.15) is 43.9 Å². The first kappa shape index (κ1) is 15.4. The molecule has 0 amide bonds. The Morgan fingerprint density at radius 1 is 0.905 bits per heavy atom. The first-order valence-corrected chi connectivity index (χ1v) is 7.23. The van der Waals surface area contributed by atoms with Gasteiger partial charge in [-0.2, -0.15) is 0 Å². The summed E-state index contributed by atoms with van der Waals surface area (Å²) in [5.41, 5.74) is 8.22. The van der Waals surface area contributed by atoms with Crippen molar-refractivity contribution in [1.29, 1.82) is 0 Å². The molecule has 0 aliphatic carbocycles. The molecule has 0 heterocycles. The Kier molecular flexibility index (Phi) is 4.86. The molecule has 3 nitrogen and oxygen atoms in total. The summed E-state index contributed by atoms with van der Waals surface area (Å²) in [4.78, 5) is 0. The Morgan fingerprint density at radius 2 is 1.52 bits per heavy atom. The summed E-state index contributed by atoms with van der Waals surface area (Å²) in [6.45, 7) is 6.27. The fraction of sp³-hybridized carbons (Fsp3) is 0.333. The minimum atomic E-state index is -0.161. The van der Waals surface area contributed by atoms with Crippen LogP contribution in [-0.4, -0.2) is 7.11 Å². The van der Waals surface area contributed by atoms with Gasteiger partial charge in [-0.3, -0.25) is 0 Å². The number of hydrogen-bond acceptors (Lipinski definition) is 3. The highest BCUT2D eigenvalue weighted by molar-refractivity contribution is 5.48. The van der Waals surface area contributed by atoms with Gasteiger partial charge in [0.05, 0.1) is 12.7 Å². The molecule has 2 N–H and O–H groups in total. The van der Waals surface area contributed by atoms with Crippen molar-refractivity contribution in [3.8, 4) is 17.2 Å². The summed E-state index contributed by atoms with van der Waals surface area (Å²) in [5, 5.41) is 0. The van der Waals surface area contributed by atoms with E-state index >= 15 is 0 Å². The summed E-state index contributed by atoms with van der Waals surface area (Å²) in [6, 6.07) is 13.7. The molecule has 0 saturated carbocycles. The van der Waals surface area contributed by atoms with Crippen LogP contribution in [0.3, 0.4) is 0 Å². The van der Waals surface area contributed by atoms with Crippen molar-refractivity contribution in [3.05, 3.63) is 53.6 Å². The van der Waals surface area contributed by atoms with Crippen LogP contribution in [0, 0.1) is 0 Å². The number of methoxy groups -OCH3 is 1. The minimum absolute atomic E-state index is 0.161. The second kappa shape index (κ2) is 6.64. The molecule has 1 unspecified atom stereocenters. The lowest BCUT2D eigenvalue weighted by molar-refractivity contribution is 0.397. The van der Waals surface area contributed by atoms with Crippen LogP contribution in [0.2, 0.25) is 0 Å². The van der Waals surface area contributed by atoms with Crippen LogP contribution in [0.25, 0.3) is 0 Å². The van der Waals surface area contributed by atoms with Gasteiger partial charge in [0.1, 0.15) is 17.2 Å². The minimum Gasteiger partial charge on any atom is -0.496 e. The smallest absolute Gasteiger partial charge is 0.135 e. The van der Waals surface area contributed by atoms with E-state index in [0.29, 0.717) is 5.92 Å². The van der Waals surface area contributed by atoms with Gasteiger partial charge in [-0.05, 0) is 42.7 Å². The van der Waals surface area contributed by atoms with Crippen molar-refractivity contribution in [3.63, 3.8) is 0 Å². The fourth-order valence-electron chi connectivity index (χ4n) is 2.29. The molecule has 0 fully saturated rings. The van der Waals surface area contributed by atoms with E-state index < -0.39 is 0 Å². The third-order valence-electron chi connectivity index (χ3n) is 3.48. The lowest BCUT2D eigenvalue weighted by Crippen LogP contribution is -2.08. The number of rotatable bonds is 5. The Balaban J connectivity index is 2.30. The second-order valence-electron chi connectivity index (χ2n) is 5.49. The van der Waals surface area contributed by atoms with E-state index in [0.717, 1.165) is 22.8 Å². The van der Waals surface area contributed by atoms with Gasteiger partial charge in [-0.25, -0.2) is 0 Å². The van der Waals surface area contributed by atoms with E-state index in [2.05, 4.69) is 26.0 Å². The van der Waals surface area contributed by atoms with Gasteiger partial charge < -0.3 is 15.2 Å². The van der Waals surface area contributed by atoms with Crippen molar-refractivity contribution >= 4 is 0 Å². The topological polar surface area (TPSA) is 44.5 Å². The van der Waals surface area contributed by atoms with Gasteiger partial charge in [0, 0.05) is 6.04 Å². The zero-order chi connectivity index (χ0) is 15.4. The molecule has 2 rings (SSSR count). The first-order valence-electron chi connectivity index (χ1n) is 7.23. The quantitative estimate of drug-likeness (QED) is 0.871. The van der Waals surface area contributed by atoms with E-state index in [1.54, 1.807) is 7.11 Å². The Labute approximate surface area is 126 Å². The van der Waals surface area contributed by atoms with Gasteiger partial charge in [0.25, 0.3) is 0 Å².